The fourth-order valence-corrected chi connectivity index (χ4v) is 11.0. The normalized spacial score (nSPS) is 12.3. The number of fused-ring (bicyclic) bond motifs is 6. The van der Waals surface area contributed by atoms with Crippen LogP contribution in [0.2, 0.25) is 0 Å². The predicted octanol–water partition coefficient (Wildman–Crippen LogP) is 5.53. The van der Waals surface area contributed by atoms with Gasteiger partial charge in [-0.25, -0.2) is 0 Å². The van der Waals surface area contributed by atoms with Crippen molar-refractivity contribution >= 4 is 124 Å². The Balaban J connectivity index is 0.000000126. The van der Waals surface area contributed by atoms with Crippen molar-refractivity contribution in [2.45, 2.75) is 19.6 Å². The average Bonchev–Trinajstić information content (AvgIpc) is 1.57. The number of nitrogen functional groups attached to an aromatic ring is 6. The molecular weight excluding hydrogens is 1590 g/mol. The molecule has 0 spiro atoms. The monoisotopic (exact) mass is 1670 g/mol. The van der Waals surface area contributed by atoms with Crippen LogP contribution in [0.5, 0.6) is 69.0 Å². The topological polar surface area (TPSA) is 599 Å². The summed E-state index contributed by atoms with van der Waals surface area (Å²) in [7, 11) is 20.3. The van der Waals surface area contributed by atoms with Crippen molar-refractivity contribution < 1.29 is 56.8 Å². The maximum Gasteiger partial charge on any atom is 0.233 e. The van der Waals surface area contributed by atoms with E-state index in [-0.39, 0.29) is 76.4 Å². The Bertz CT molecular complexity index is 5590. The first-order valence-electron chi connectivity index (χ1n) is 36.9. The summed E-state index contributed by atoms with van der Waals surface area (Å²) in [6.45, 7) is 3.16. The van der Waals surface area contributed by atoms with E-state index in [1.165, 1.54) is 0 Å². The molecule has 0 saturated heterocycles. The maximum absolute atomic E-state index is 5.67. The number of benzene rings is 6. The molecule has 0 bridgehead atoms. The second-order valence-corrected chi connectivity index (χ2v) is 26.7. The third-order valence-electron chi connectivity index (χ3n) is 16.8. The summed E-state index contributed by atoms with van der Waals surface area (Å²) >= 11 is 0. The largest absolute Gasteiger partial charge is 0.454 e. The second-order valence-electron chi connectivity index (χ2n) is 26.7. The first-order chi connectivity index (χ1) is 58.9. The zero-order chi connectivity index (χ0) is 85.9. The van der Waals surface area contributed by atoms with E-state index in [0.717, 1.165) is 85.5 Å². The summed E-state index contributed by atoms with van der Waals surface area (Å²) in [6, 6.07) is 33.8. The van der Waals surface area contributed by atoms with Gasteiger partial charge in [0.05, 0.1) is 0 Å². The molecule has 48 nitrogen and oxygen atoms in total. The Morgan fingerprint density at radius 1 is 0.254 bits per heavy atom. The number of nitrogens with one attached hydrogen (secondary N) is 7. The molecule has 0 atom stereocenters. The van der Waals surface area contributed by atoms with Crippen molar-refractivity contribution in [1.82, 2.24) is 89.7 Å². The molecule has 0 radical (unpaired) electrons. The number of rotatable bonds is 21. The average molecular weight is 1670 g/mol. The summed E-state index contributed by atoms with van der Waals surface area (Å²) in [5, 5.41) is 21.2. The lowest BCUT2D eigenvalue weighted by molar-refractivity contribution is 0.173. The van der Waals surface area contributed by atoms with Crippen LogP contribution in [0.3, 0.4) is 0 Å². The highest BCUT2D eigenvalue weighted by Gasteiger charge is 2.22. The molecule has 0 amide bonds. The van der Waals surface area contributed by atoms with Gasteiger partial charge in [0.25, 0.3) is 0 Å². The molecule has 6 aliphatic rings. The van der Waals surface area contributed by atoms with Gasteiger partial charge in [0.1, 0.15) is 0 Å². The van der Waals surface area contributed by atoms with Crippen LogP contribution in [0.15, 0.2) is 109 Å². The zero-order valence-electron chi connectivity index (χ0n) is 67.9. The summed E-state index contributed by atoms with van der Waals surface area (Å²) in [4.78, 5) is 83.0. The van der Waals surface area contributed by atoms with Crippen LogP contribution < -0.4 is 153 Å². The summed E-state index contributed by atoms with van der Waals surface area (Å²) in [5.41, 5.74) is 38.8. The first-order valence-corrected chi connectivity index (χ1v) is 36.9. The van der Waals surface area contributed by atoms with E-state index in [4.69, 9.17) is 91.2 Å². The molecule has 19 N–H and O–H groups in total. The maximum atomic E-state index is 5.67. The van der Waals surface area contributed by atoms with Crippen LogP contribution in [0.4, 0.5) is 124 Å². The van der Waals surface area contributed by atoms with Crippen molar-refractivity contribution in [3.05, 3.63) is 126 Å². The summed E-state index contributed by atoms with van der Waals surface area (Å²) in [6.07, 6.45) is 0. The number of hydrogen-bond donors (Lipinski definition) is 13. The van der Waals surface area contributed by atoms with E-state index < -0.39 is 0 Å². The molecule has 0 unspecified atom stereocenters. The Kier molecular flexibility index (Phi) is 26.2. The molecule has 12 heterocycles. The fourth-order valence-electron chi connectivity index (χ4n) is 11.0. The molecule has 0 saturated carbocycles. The SMILES string of the molecule is CN(C)c1nc(N)nc(Nc2ccc3c(c2)OCO3)n1.CN(C)c1nc(Nc2ccc3c(c2)OCO3)nc(N(C)C)n1.CN(Cc1ccc2c(c1)OCO2)c1nc(N)nc(N)n1.CNc1nc(N)nc(NCc2ccc3c(c2)OCO3)n1.CNc1nc(Nc2ccc3c(c2)OCO3)nc(N(C)C)n1.Nc1nc(N)nc(NCc2ccc3c(c2)OCO3)n1. The smallest absolute Gasteiger partial charge is 0.233 e. The predicted molar refractivity (Wildman–Crippen MR) is 454 cm³/mol. The van der Waals surface area contributed by atoms with Crippen LogP contribution in [0, 0.1) is 0 Å². The Morgan fingerprint density at radius 2 is 0.508 bits per heavy atom. The van der Waals surface area contributed by atoms with Gasteiger partial charge in [-0.15, -0.1) is 0 Å². The van der Waals surface area contributed by atoms with Gasteiger partial charge in [0.2, 0.25) is 148 Å². The minimum absolute atomic E-state index is 0.0840. The Hall–Kier alpha value is -16.6. The molecule has 122 heavy (non-hydrogen) atoms. The summed E-state index contributed by atoms with van der Waals surface area (Å²) in [5.74, 6) is 15.1. The second kappa shape index (κ2) is 38.4. The van der Waals surface area contributed by atoms with E-state index in [1.807, 2.05) is 192 Å². The van der Waals surface area contributed by atoms with Crippen LogP contribution in [-0.4, -0.2) is 208 Å². The number of nitrogens with zero attached hydrogens (tertiary/aromatic N) is 23. The molecule has 18 rings (SSSR count). The molecule has 6 aromatic heterocycles. The molecule has 12 aromatic rings. The zero-order valence-corrected chi connectivity index (χ0v) is 67.9. The van der Waals surface area contributed by atoms with Gasteiger partial charge in [-0.3, -0.25) is 0 Å². The molecule has 0 fully saturated rings. The number of nitrogens with two attached hydrogens (primary N) is 6. The molecule has 6 aliphatic heterocycles. The van der Waals surface area contributed by atoms with E-state index in [2.05, 4.69) is 127 Å². The number of ether oxygens (including phenoxy) is 12. The van der Waals surface area contributed by atoms with Gasteiger partial charge in [0, 0.05) is 132 Å². The van der Waals surface area contributed by atoms with Crippen LogP contribution in [0.1, 0.15) is 16.7 Å². The lowest BCUT2D eigenvalue weighted by Crippen LogP contribution is -2.20. The van der Waals surface area contributed by atoms with Gasteiger partial charge < -0.3 is 153 Å². The molecule has 0 aliphatic carbocycles. The first kappa shape index (κ1) is 83.3. The van der Waals surface area contributed by atoms with Gasteiger partial charge >= 0.3 is 0 Å². The highest BCUT2D eigenvalue weighted by Crippen LogP contribution is 2.40. The van der Waals surface area contributed by atoms with Crippen molar-refractivity contribution in [3.8, 4) is 69.0 Å². The Morgan fingerprint density at radius 3 is 0.902 bits per heavy atom. The highest BCUT2D eigenvalue weighted by molar-refractivity contribution is 5.65. The quantitative estimate of drug-likeness (QED) is 0.0420. The Labute approximate surface area is 696 Å². The minimum Gasteiger partial charge on any atom is -0.454 e. The number of aromatic nitrogens is 18. The van der Waals surface area contributed by atoms with E-state index >= 15 is 0 Å². The van der Waals surface area contributed by atoms with E-state index in [9.17, 15) is 0 Å². The van der Waals surface area contributed by atoms with Crippen LogP contribution in [0.25, 0.3) is 0 Å². The molecule has 48 heteroatoms. The van der Waals surface area contributed by atoms with Crippen molar-refractivity contribution in [3.63, 3.8) is 0 Å². The fraction of sp³-hybridized carbons (Fsp3) is 0.270. The lowest BCUT2D eigenvalue weighted by Gasteiger charge is -2.17. The highest BCUT2D eigenvalue weighted by atomic mass is 16.7. The van der Waals surface area contributed by atoms with Crippen molar-refractivity contribution in [2.75, 3.05) is 214 Å². The third-order valence-corrected chi connectivity index (χ3v) is 16.8. The summed E-state index contributed by atoms with van der Waals surface area (Å²) < 4.78 is 63.6. The van der Waals surface area contributed by atoms with Crippen molar-refractivity contribution in [1.29, 1.82) is 0 Å². The van der Waals surface area contributed by atoms with E-state index in [0.29, 0.717) is 108 Å². The van der Waals surface area contributed by atoms with Gasteiger partial charge in [-0.1, -0.05) is 18.2 Å². The van der Waals surface area contributed by atoms with Gasteiger partial charge in [-0.2, -0.15) is 89.7 Å². The standard InChI is InChI=1S/C14H18N6O2.C13H16N6O2.3C12H14N6O2.C11H12N6O2/c1-19(2)13-16-12(17-14(18-13)20(3)4)15-9-5-6-10-11(7-9)22-8-21-10;1-14-11-16-12(18-13(17-11)19(2)3)15-8-4-5-9-10(6-8)21-7-20-9;1-18(2)12-16-10(13)15-11(17-12)14-7-3-4-8-9(5-7)20-6-19-8;1-18(12-16-10(13)15-11(14)17-12)5-7-2-3-8-9(4-7)20-6-19-8;1-14-11-16-10(13)17-12(18-11)15-5-7-2-3-8-9(4-7)20-6-19-8;12-9-15-10(13)17-11(16-9)14-4-6-1-2-7-8(3-6)19-5-18-7/h5-7H,8H2,1-4H3,(H,15,16,17,18);4-6H,7H2,1-3H3,(H2,14,15,16,17,18);3-5H,6H2,1-2H3,(H3,13,14,15,16,17);2-4H,5-6H2,1H3,(H4,13,14,15,16,17);2-4H,5-6H2,1H3,(H4,13,14,15,16,17,18);1-3H,4-5H2,(H5,12,13,14,15,16,17). The van der Waals surface area contributed by atoms with Crippen LogP contribution in [-0.2, 0) is 19.6 Å². The van der Waals surface area contributed by atoms with Crippen LogP contribution >= 0.6 is 0 Å². The van der Waals surface area contributed by atoms with Gasteiger partial charge in [0.15, 0.2) is 69.0 Å². The lowest BCUT2D eigenvalue weighted by atomic mass is 10.2. The molecule has 636 valence electrons. The number of hydrogen-bond acceptors (Lipinski definition) is 48. The number of anilines is 21. The van der Waals surface area contributed by atoms with E-state index in [1.54, 1.807) is 19.0 Å². The van der Waals surface area contributed by atoms with Crippen molar-refractivity contribution in [2.24, 2.45) is 0 Å². The third kappa shape index (κ3) is 22.5. The van der Waals surface area contributed by atoms with Gasteiger partial charge in [-0.05, 0) is 89.5 Å². The molecule has 6 aromatic carbocycles. The minimum atomic E-state index is 0.0840. The molecular formula is C74H88N36O12.